The Balaban J connectivity index is 2.84. The van der Waals surface area contributed by atoms with Gasteiger partial charge in [0.05, 0.1) is 17.3 Å². The number of aromatic nitrogens is 1. The molecule has 1 rings (SSSR count). The van der Waals surface area contributed by atoms with Gasteiger partial charge in [-0.05, 0) is 33.0 Å². The molecule has 5 heteroatoms. The maximum absolute atomic E-state index is 9.25. The quantitative estimate of drug-likeness (QED) is 0.842. The Bertz CT molecular complexity index is 368. The Hall–Kier alpha value is -0.840. The molecule has 0 atom stereocenters. The maximum Gasteiger partial charge on any atom is 0.123 e. The molecule has 90 valence electrons. The van der Waals surface area contributed by atoms with Crippen LogP contribution >= 0.6 is 11.6 Å². The minimum atomic E-state index is -0.310. The number of pyridine rings is 1. The van der Waals surface area contributed by atoms with Crippen molar-refractivity contribution in [1.82, 2.24) is 9.88 Å². The summed E-state index contributed by atoms with van der Waals surface area (Å²) in [4.78, 5) is 6.17. The van der Waals surface area contributed by atoms with Gasteiger partial charge in [-0.15, -0.1) is 0 Å². The van der Waals surface area contributed by atoms with E-state index in [4.69, 9.17) is 17.3 Å². The SMILES string of the molecule is CN(Cc1nc(N)ccc1Cl)C(C)(C)CO. The third-order valence-electron chi connectivity index (χ3n) is 2.75. The minimum Gasteiger partial charge on any atom is -0.394 e. The molecule has 0 fully saturated rings. The number of hydrogen-bond acceptors (Lipinski definition) is 4. The van der Waals surface area contributed by atoms with Gasteiger partial charge in [0.15, 0.2) is 0 Å². The second-order valence-electron chi connectivity index (χ2n) is 4.49. The summed E-state index contributed by atoms with van der Waals surface area (Å²) in [6.45, 7) is 4.53. The fraction of sp³-hybridized carbons (Fsp3) is 0.545. The molecule has 0 radical (unpaired) electrons. The summed E-state index contributed by atoms with van der Waals surface area (Å²) in [6.07, 6.45) is 0. The van der Waals surface area contributed by atoms with Crippen LogP contribution < -0.4 is 5.73 Å². The van der Waals surface area contributed by atoms with E-state index in [-0.39, 0.29) is 12.1 Å². The van der Waals surface area contributed by atoms with E-state index >= 15 is 0 Å². The molecule has 0 aliphatic rings. The fourth-order valence-corrected chi connectivity index (χ4v) is 1.34. The lowest BCUT2D eigenvalue weighted by molar-refractivity contribution is 0.0725. The molecular formula is C11H18ClN3O. The van der Waals surface area contributed by atoms with Gasteiger partial charge in [-0.3, -0.25) is 4.90 Å². The van der Waals surface area contributed by atoms with Gasteiger partial charge in [-0.1, -0.05) is 11.6 Å². The van der Waals surface area contributed by atoms with Gasteiger partial charge < -0.3 is 10.8 Å². The molecule has 0 aromatic carbocycles. The number of anilines is 1. The first-order valence-electron chi connectivity index (χ1n) is 5.10. The van der Waals surface area contributed by atoms with E-state index in [9.17, 15) is 5.11 Å². The zero-order valence-corrected chi connectivity index (χ0v) is 10.6. The summed E-state index contributed by atoms with van der Waals surface area (Å²) >= 11 is 6.03. The zero-order chi connectivity index (χ0) is 12.3. The van der Waals surface area contributed by atoms with Crippen LogP contribution in [0.1, 0.15) is 19.5 Å². The number of nitrogens with zero attached hydrogens (tertiary/aromatic N) is 2. The van der Waals surface area contributed by atoms with E-state index in [2.05, 4.69) is 4.98 Å². The van der Waals surface area contributed by atoms with Crippen molar-refractivity contribution < 1.29 is 5.11 Å². The Labute approximate surface area is 101 Å². The van der Waals surface area contributed by atoms with Crippen molar-refractivity contribution in [1.29, 1.82) is 0 Å². The molecule has 4 nitrogen and oxygen atoms in total. The van der Waals surface area contributed by atoms with Gasteiger partial charge in [0.2, 0.25) is 0 Å². The summed E-state index contributed by atoms with van der Waals surface area (Å²) in [6, 6.07) is 3.40. The Morgan fingerprint density at radius 3 is 2.69 bits per heavy atom. The summed E-state index contributed by atoms with van der Waals surface area (Å²) in [5.74, 6) is 0.453. The minimum absolute atomic E-state index is 0.0729. The summed E-state index contributed by atoms with van der Waals surface area (Å²) in [5.41, 5.74) is 6.02. The van der Waals surface area contributed by atoms with Crippen molar-refractivity contribution in [3.63, 3.8) is 0 Å². The van der Waals surface area contributed by atoms with Crippen molar-refractivity contribution in [2.24, 2.45) is 0 Å². The lowest BCUT2D eigenvalue weighted by Crippen LogP contribution is -2.43. The highest BCUT2D eigenvalue weighted by atomic mass is 35.5. The standard InChI is InChI=1S/C11H18ClN3O/c1-11(2,7-16)15(3)6-9-8(12)4-5-10(13)14-9/h4-5,16H,6-7H2,1-3H3,(H2,13,14). The third-order valence-corrected chi connectivity index (χ3v) is 3.09. The van der Waals surface area contributed by atoms with Crippen LogP contribution in [0.3, 0.4) is 0 Å². The number of rotatable bonds is 4. The predicted molar refractivity (Wildman–Crippen MR) is 66.3 cm³/mol. The van der Waals surface area contributed by atoms with E-state index in [0.29, 0.717) is 17.4 Å². The molecule has 1 aromatic heterocycles. The van der Waals surface area contributed by atoms with Gasteiger partial charge in [-0.2, -0.15) is 0 Å². The Kier molecular flexibility index (Phi) is 4.13. The van der Waals surface area contributed by atoms with Crippen LogP contribution in [-0.4, -0.2) is 34.2 Å². The highest BCUT2D eigenvalue weighted by Crippen LogP contribution is 2.20. The van der Waals surface area contributed by atoms with E-state index in [0.717, 1.165) is 5.69 Å². The van der Waals surface area contributed by atoms with E-state index in [1.165, 1.54) is 0 Å². The number of hydrogen-bond donors (Lipinski definition) is 2. The molecule has 0 aliphatic carbocycles. The summed E-state index contributed by atoms with van der Waals surface area (Å²) in [5, 5.41) is 9.84. The number of nitrogen functional groups attached to an aromatic ring is 1. The lowest BCUT2D eigenvalue weighted by Gasteiger charge is -2.33. The fourth-order valence-electron chi connectivity index (χ4n) is 1.17. The molecule has 0 saturated carbocycles. The molecule has 0 unspecified atom stereocenters. The molecule has 16 heavy (non-hydrogen) atoms. The van der Waals surface area contributed by atoms with Crippen molar-refractivity contribution >= 4 is 17.4 Å². The van der Waals surface area contributed by atoms with Gasteiger partial charge in [-0.25, -0.2) is 4.98 Å². The lowest BCUT2D eigenvalue weighted by atomic mass is 10.1. The number of likely N-dealkylation sites (N-methyl/N-ethyl adjacent to an activating group) is 1. The van der Waals surface area contributed by atoms with Crippen LogP contribution in [0.15, 0.2) is 12.1 Å². The second kappa shape index (κ2) is 4.99. The average Bonchev–Trinajstić information content (AvgIpc) is 2.23. The first-order chi connectivity index (χ1) is 7.36. The zero-order valence-electron chi connectivity index (χ0n) is 9.87. The molecule has 1 aromatic rings. The van der Waals surface area contributed by atoms with Crippen LogP contribution in [0.25, 0.3) is 0 Å². The highest BCUT2D eigenvalue weighted by Gasteiger charge is 2.23. The van der Waals surface area contributed by atoms with Crippen molar-refractivity contribution in [3.8, 4) is 0 Å². The normalized spacial score (nSPS) is 12.1. The molecule has 0 saturated heterocycles. The van der Waals surface area contributed by atoms with E-state index in [1.807, 2.05) is 25.8 Å². The third kappa shape index (κ3) is 3.07. The van der Waals surface area contributed by atoms with Crippen LogP contribution in [0.4, 0.5) is 5.82 Å². The van der Waals surface area contributed by atoms with Crippen LogP contribution in [0.5, 0.6) is 0 Å². The summed E-state index contributed by atoms with van der Waals surface area (Å²) in [7, 11) is 1.91. The predicted octanol–water partition coefficient (Wildman–Crippen LogP) is 1.52. The van der Waals surface area contributed by atoms with Gasteiger partial charge in [0, 0.05) is 12.1 Å². The van der Waals surface area contributed by atoms with Crippen molar-refractivity contribution in [2.75, 3.05) is 19.4 Å². The highest BCUT2D eigenvalue weighted by molar-refractivity contribution is 6.31. The largest absolute Gasteiger partial charge is 0.394 e. The Morgan fingerprint density at radius 1 is 1.50 bits per heavy atom. The van der Waals surface area contributed by atoms with Crippen LogP contribution in [-0.2, 0) is 6.54 Å². The van der Waals surface area contributed by atoms with Crippen LogP contribution in [0.2, 0.25) is 5.02 Å². The number of aliphatic hydroxyl groups is 1. The molecule has 0 aliphatic heterocycles. The summed E-state index contributed by atoms with van der Waals surface area (Å²) < 4.78 is 0. The van der Waals surface area contributed by atoms with E-state index in [1.54, 1.807) is 12.1 Å². The smallest absolute Gasteiger partial charge is 0.123 e. The van der Waals surface area contributed by atoms with Crippen molar-refractivity contribution in [2.45, 2.75) is 25.9 Å². The van der Waals surface area contributed by atoms with Crippen molar-refractivity contribution in [3.05, 3.63) is 22.8 Å². The molecule has 1 heterocycles. The number of halogens is 1. The van der Waals surface area contributed by atoms with Gasteiger partial charge in [0.25, 0.3) is 0 Å². The average molecular weight is 244 g/mol. The van der Waals surface area contributed by atoms with Gasteiger partial charge >= 0.3 is 0 Å². The molecule has 0 spiro atoms. The maximum atomic E-state index is 9.25. The van der Waals surface area contributed by atoms with Gasteiger partial charge in [0.1, 0.15) is 5.82 Å². The topological polar surface area (TPSA) is 62.4 Å². The first kappa shape index (κ1) is 13.2. The first-order valence-corrected chi connectivity index (χ1v) is 5.47. The van der Waals surface area contributed by atoms with E-state index < -0.39 is 0 Å². The molecular weight excluding hydrogens is 226 g/mol. The molecule has 0 amide bonds. The molecule has 0 bridgehead atoms. The second-order valence-corrected chi connectivity index (χ2v) is 4.90. The van der Waals surface area contributed by atoms with Crippen LogP contribution in [0, 0.1) is 0 Å². The number of nitrogens with two attached hydrogens (primary N) is 1. The Morgan fingerprint density at radius 2 is 2.12 bits per heavy atom. The number of aliphatic hydroxyl groups excluding tert-OH is 1. The monoisotopic (exact) mass is 243 g/mol. The molecule has 3 N–H and O–H groups in total.